The third-order valence-electron chi connectivity index (χ3n) is 4.13. The maximum Gasteiger partial charge on any atom is 0.214 e. The Hall–Kier alpha value is -0.910. The van der Waals surface area contributed by atoms with Gasteiger partial charge in [0.05, 0.1) is 5.75 Å². The van der Waals surface area contributed by atoms with E-state index in [1.54, 1.807) is 4.31 Å². The van der Waals surface area contributed by atoms with Crippen LogP contribution >= 0.6 is 0 Å². The molecule has 0 amide bonds. The lowest BCUT2D eigenvalue weighted by Crippen LogP contribution is -2.34. The molecule has 1 aliphatic heterocycles. The Bertz CT molecular complexity index is 569. The summed E-state index contributed by atoms with van der Waals surface area (Å²) in [5.41, 5.74) is 3.88. The molecule has 0 aromatic heterocycles. The quantitative estimate of drug-likeness (QED) is 0.904. The molecule has 1 aliphatic rings. The lowest BCUT2D eigenvalue weighted by Gasteiger charge is -2.20. The summed E-state index contributed by atoms with van der Waals surface area (Å²) in [4.78, 5) is 0. The molecule has 1 fully saturated rings. The van der Waals surface area contributed by atoms with E-state index in [0.717, 1.165) is 6.42 Å². The molecular formula is C15H24N2O2S. The molecule has 1 aromatic carbocycles. The average Bonchev–Trinajstić information content (AvgIpc) is 2.72. The smallest absolute Gasteiger partial charge is 0.214 e. The molecule has 1 unspecified atom stereocenters. The van der Waals surface area contributed by atoms with Crippen molar-refractivity contribution < 1.29 is 8.42 Å². The van der Waals surface area contributed by atoms with Gasteiger partial charge in [0.2, 0.25) is 10.0 Å². The molecule has 0 radical (unpaired) electrons. The number of nitrogens with zero attached hydrogens (tertiary/aromatic N) is 1. The number of aryl methyl sites for hydroxylation is 1. The normalized spacial score (nSPS) is 20.1. The Labute approximate surface area is 122 Å². The van der Waals surface area contributed by atoms with Crippen LogP contribution in [-0.2, 0) is 10.0 Å². The van der Waals surface area contributed by atoms with Crippen LogP contribution in [-0.4, -0.2) is 38.1 Å². The van der Waals surface area contributed by atoms with E-state index in [-0.39, 0.29) is 6.04 Å². The Kier molecular flexibility index (Phi) is 4.83. The van der Waals surface area contributed by atoms with Crippen molar-refractivity contribution in [1.82, 2.24) is 9.62 Å². The molecule has 1 aromatic rings. The molecular weight excluding hydrogens is 272 g/mol. The summed E-state index contributed by atoms with van der Waals surface area (Å²) in [5.74, 6) is 0.305. The molecule has 1 heterocycles. The van der Waals surface area contributed by atoms with E-state index >= 15 is 0 Å². The van der Waals surface area contributed by atoms with Crippen LogP contribution in [0, 0.1) is 13.8 Å². The van der Waals surface area contributed by atoms with E-state index in [1.807, 2.05) is 0 Å². The summed E-state index contributed by atoms with van der Waals surface area (Å²) in [6, 6.07) is 6.55. The third-order valence-corrected chi connectivity index (χ3v) is 6.08. The van der Waals surface area contributed by atoms with Crippen molar-refractivity contribution in [2.45, 2.75) is 33.2 Å². The Morgan fingerprint density at radius 1 is 1.35 bits per heavy atom. The summed E-state index contributed by atoms with van der Waals surface area (Å²) in [6.45, 7) is 8.30. The zero-order valence-electron chi connectivity index (χ0n) is 12.5. The topological polar surface area (TPSA) is 49.4 Å². The van der Waals surface area contributed by atoms with E-state index < -0.39 is 10.0 Å². The molecule has 0 spiro atoms. The van der Waals surface area contributed by atoms with E-state index in [2.05, 4.69) is 44.3 Å². The molecule has 20 heavy (non-hydrogen) atoms. The average molecular weight is 296 g/mol. The van der Waals surface area contributed by atoms with Gasteiger partial charge in [-0.1, -0.05) is 18.2 Å². The molecule has 1 saturated heterocycles. The van der Waals surface area contributed by atoms with Gasteiger partial charge < -0.3 is 5.32 Å². The van der Waals surface area contributed by atoms with Gasteiger partial charge in [-0.25, -0.2) is 12.7 Å². The zero-order valence-corrected chi connectivity index (χ0v) is 13.3. The monoisotopic (exact) mass is 296 g/mol. The van der Waals surface area contributed by atoms with Crippen molar-refractivity contribution in [2.24, 2.45) is 0 Å². The first kappa shape index (κ1) is 15.5. The SMILES string of the molecule is Cc1cccc(C(C)NCCN2CCCS2(=O)=O)c1C. The fraction of sp³-hybridized carbons (Fsp3) is 0.600. The minimum Gasteiger partial charge on any atom is -0.309 e. The van der Waals surface area contributed by atoms with Gasteiger partial charge in [-0.2, -0.15) is 0 Å². The summed E-state index contributed by atoms with van der Waals surface area (Å²) in [6.07, 6.45) is 0.759. The van der Waals surface area contributed by atoms with Gasteiger partial charge in [0.1, 0.15) is 0 Å². The van der Waals surface area contributed by atoms with Gasteiger partial charge in [0.25, 0.3) is 0 Å². The van der Waals surface area contributed by atoms with Crippen molar-refractivity contribution in [3.8, 4) is 0 Å². The molecule has 5 heteroatoms. The molecule has 1 atom stereocenters. The molecule has 0 bridgehead atoms. The van der Waals surface area contributed by atoms with E-state index in [0.29, 0.717) is 25.4 Å². The standard InChI is InChI=1S/C15H24N2O2S/c1-12-6-4-7-15(13(12)2)14(3)16-8-10-17-9-5-11-20(17,18)19/h4,6-7,14,16H,5,8-11H2,1-3H3. The first-order valence-corrected chi connectivity index (χ1v) is 8.80. The van der Waals surface area contributed by atoms with Gasteiger partial charge in [0, 0.05) is 25.7 Å². The van der Waals surface area contributed by atoms with Crippen molar-refractivity contribution in [1.29, 1.82) is 0 Å². The van der Waals surface area contributed by atoms with Gasteiger partial charge in [-0.15, -0.1) is 0 Å². The van der Waals surface area contributed by atoms with Crippen LogP contribution in [0.15, 0.2) is 18.2 Å². The minimum atomic E-state index is -2.97. The highest BCUT2D eigenvalue weighted by molar-refractivity contribution is 7.89. The number of hydrogen-bond acceptors (Lipinski definition) is 3. The summed E-state index contributed by atoms with van der Waals surface area (Å²) in [7, 11) is -2.97. The number of nitrogens with one attached hydrogen (secondary N) is 1. The Balaban J connectivity index is 1.90. The van der Waals surface area contributed by atoms with Crippen molar-refractivity contribution >= 4 is 10.0 Å². The Morgan fingerprint density at radius 2 is 2.10 bits per heavy atom. The Morgan fingerprint density at radius 3 is 2.75 bits per heavy atom. The highest BCUT2D eigenvalue weighted by atomic mass is 32.2. The van der Waals surface area contributed by atoms with E-state index in [1.165, 1.54) is 16.7 Å². The van der Waals surface area contributed by atoms with Gasteiger partial charge in [0.15, 0.2) is 0 Å². The highest BCUT2D eigenvalue weighted by Crippen LogP contribution is 2.20. The highest BCUT2D eigenvalue weighted by Gasteiger charge is 2.27. The lowest BCUT2D eigenvalue weighted by molar-refractivity contribution is 0.421. The van der Waals surface area contributed by atoms with Crippen LogP contribution in [0.2, 0.25) is 0 Å². The largest absolute Gasteiger partial charge is 0.309 e. The van der Waals surface area contributed by atoms with Gasteiger partial charge in [-0.05, 0) is 43.9 Å². The van der Waals surface area contributed by atoms with Crippen LogP contribution in [0.3, 0.4) is 0 Å². The predicted molar refractivity (Wildman–Crippen MR) is 82.3 cm³/mol. The van der Waals surface area contributed by atoms with Crippen LogP contribution < -0.4 is 5.32 Å². The summed E-state index contributed by atoms with van der Waals surface area (Å²) < 4.78 is 25.0. The van der Waals surface area contributed by atoms with E-state index in [4.69, 9.17) is 0 Å². The molecule has 1 N–H and O–H groups in total. The van der Waals surface area contributed by atoms with Gasteiger partial charge >= 0.3 is 0 Å². The molecule has 2 rings (SSSR count). The molecule has 112 valence electrons. The predicted octanol–water partition coefficient (Wildman–Crippen LogP) is 1.99. The summed E-state index contributed by atoms with van der Waals surface area (Å²) >= 11 is 0. The second-order valence-corrected chi connectivity index (χ2v) is 7.62. The fourth-order valence-electron chi connectivity index (χ4n) is 2.70. The maximum atomic E-state index is 11.7. The number of sulfonamides is 1. The molecule has 0 saturated carbocycles. The lowest BCUT2D eigenvalue weighted by atomic mass is 9.98. The number of rotatable bonds is 5. The first-order valence-electron chi connectivity index (χ1n) is 7.19. The van der Waals surface area contributed by atoms with Crippen molar-refractivity contribution in [3.63, 3.8) is 0 Å². The minimum absolute atomic E-state index is 0.236. The maximum absolute atomic E-state index is 11.7. The molecule has 0 aliphatic carbocycles. The second-order valence-electron chi connectivity index (χ2n) is 5.53. The van der Waals surface area contributed by atoms with Crippen LogP contribution in [0.4, 0.5) is 0 Å². The van der Waals surface area contributed by atoms with E-state index in [9.17, 15) is 8.42 Å². The van der Waals surface area contributed by atoms with Gasteiger partial charge in [-0.3, -0.25) is 0 Å². The summed E-state index contributed by atoms with van der Waals surface area (Å²) in [5, 5.41) is 3.43. The van der Waals surface area contributed by atoms with Crippen LogP contribution in [0.25, 0.3) is 0 Å². The first-order chi connectivity index (χ1) is 9.42. The second kappa shape index (κ2) is 6.24. The zero-order chi connectivity index (χ0) is 14.8. The third kappa shape index (κ3) is 3.40. The van der Waals surface area contributed by atoms with Crippen molar-refractivity contribution in [3.05, 3.63) is 34.9 Å². The number of benzene rings is 1. The van der Waals surface area contributed by atoms with Crippen LogP contribution in [0.5, 0.6) is 0 Å². The fourth-order valence-corrected chi connectivity index (χ4v) is 4.23. The molecule has 4 nitrogen and oxygen atoms in total. The van der Waals surface area contributed by atoms with Crippen LogP contribution in [0.1, 0.15) is 36.1 Å². The number of hydrogen-bond donors (Lipinski definition) is 1. The van der Waals surface area contributed by atoms with Crippen molar-refractivity contribution in [2.75, 3.05) is 25.4 Å².